The van der Waals surface area contributed by atoms with Gasteiger partial charge in [-0.2, -0.15) is 0 Å². The Labute approximate surface area is 227 Å². The van der Waals surface area contributed by atoms with Crippen molar-refractivity contribution < 1.29 is 27.9 Å². The number of fused-ring (bicyclic) bond motifs is 3. The normalized spacial score (nSPS) is 24.5. The molecule has 1 saturated carbocycles. The summed E-state index contributed by atoms with van der Waals surface area (Å²) >= 11 is 1.53. The van der Waals surface area contributed by atoms with Crippen molar-refractivity contribution in [1.82, 2.24) is 10.1 Å². The summed E-state index contributed by atoms with van der Waals surface area (Å²) in [5.41, 5.74) is 1.73. The van der Waals surface area contributed by atoms with Gasteiger partial charge in [0, 0.05) is 23.6 Å². The van der Waals surface area contributed by atoms with Gasteiger partial charge in [0.05, 0.1) is 34.1 Å². The van der Waals surface area contributed by atoms with E-state index in [0.29, 0.717) is 17.2 Å². The van der Waals surface area contributed by atoms with Crippen LogP contribution in [0, 0.1) is 17.6 Å². The number of halogens is 2. The Balaban J connectivity index is 1.12. The number of piperidine rings is 1. The number of nitrogens with zero attached hydrogens (tertiary/aromatic N) is 3. The fourth-order valence-electron chi connectivity index (χ4n) is 6.31. The number of benzene rings is 2. The Morgan fingerprint density at radius 2 is 1.97 bits per heavy atom. The van der Waals surface area contributed by atoms with Crippen LogP contribution < -0.4 is 4.90 Å². The molecule has 10 heteroatoms. The van der Waals surface area contributed by atoms with Crippen molar-refractivity contribution in [2.45, 2.75) is 69.7 Å². The third-order valence-electron chi connectivity index (χ3n) is 8.37. The molecular formula is C29H27F2N3O4S. The number of thiazole rings is 1. The van der Waals surface area contributed by atoms with Crippen molar-refractivity contribution in [2.75, 3.05) is 4.90 Å². The number of carboxylic acid groups (broad SMARTS) is 1. The number of carbonyl (C=O) groups is 1. The molecule has 1 aliphatic carbocycles. The van der Waals surface area contributed by atoms with Gasteiger partial charge in [-0.05, 0) is 68.4 Å². The minimum atomic E-state index is -0.947. The largest absolute Gasteiger partial charge is 0.478 e. The monoisotopic (exact) mass is 551 g/mol. The fraction of sp³-hybridized carbons (Fsp3) is 0.414. The fourth-order valence-corrected chi connectivity index (χ4v) is 7.44. The highest BCUT2D eigenvalue weighted by atomic mass is 32.1. The van der Waals surface area contributed by atoms with Crippen molar-refractivity contribution in [3.63, 3.8) is 0 Å². The van der Waals surface area contributed by atoms with Crippen LogP contribution in [0.5, 0.6) is 0 Å². The summed E-state index contributed by atoms with van der Waals surface area (Å²) in [4.78, 5) is 18.6. The van der Waals surface area contributed by atoms with Gasteiger partial charge in [0.25, 0.3) is 0 Å². The highest BCUT2D eigenvalue weighted by Crippen LogP contribution is 2.47. The number of rotatable bonds is 7. The molecule has 4 heterocycles. The van der Waals surface area contributed by atoms with Gasteiger partial charge in [-0.3, -0.25) is 0 Å². The molecule has 0 amide bonds. The summed E-state index contributed by atoms with van der Waals surface area (Å²) in [6, 6.07) is 9.33. The Morgan fingerprint density at radius 3 is 2.69 bits per heavy atom. The molecule has 202 valence electrons. The number of hydrogen-bond donors (Lipinski definition) is 1. The van der Waals surface area contributed by atoms with Crippen LogP contribution in [0.2, 0.25) is 0 Å². The number of ether oxygens (including phenoxy) is 1. The highest BCUT2D eigenvalue weighted by molar-refractivity contribution is 7.22. The maximum absolute atomic E-state index is 14.6. The molecular weight excluding hydrogens is 524 g/mol. The van der Waals surface area contributed by atoms with Crippen LogP contribution >= 0.6 is 11.3 Å². The van der Waals surface area contributed by atoms with Crippen molar-refractivity contribution in [1.29, 1.82) is 0 Å². The molecule has 2 aromatic carbocycles. The van der Waals surface area contributed by atoms with Gasteiger partial charge in [0.15, 0.2) is 5.13 Å². The molecule has 39 heavy (non-hydrogen) atoms. The molecule has 2 saturated heterocycles. The average molecular weight is 552 g/mol. The average Bonchev–Trinajstić information content (AvgIpc) is 3.47. The van der Waals surface area contributed by atoms with E-state index in [4.69, 9.17) is 14.2 Å². The Morgan fingerprint density at radius 1 is 1.18 bits per heavy atom. The van der Waals surface area contributed by atoms with Crippen molar-refractivity contribution >= 4 is 32.7 Å². The van der Waals surface area contributed by atoms with Gasteiger partial charge in [0.2, 0.25) is 0 Å². The number of aromatic nitrogens is 2. The minimum absolute atomic E-state index is 0.0190. The molecule has 4 aromatic rings. The molecule has 7 nitrogen and oxygen atoms in total. The first-order chi connectivity index (χ1) is 18.9. The maximum atomic E-state index is 14.6. The van der Waals surface area contributed by atoms with Gasteiger partial charge < -0.3 is 19.3 Å². The molecule has 7 rings (SSSR count). The molecule has 1 N–H and O–H groups in total. The Hall–Kier alpha value is -3.37. The van der Waals surface area contributed by atoms with Gasteiger partial charge in [-0.25, -0.2) is 18.6 Å². The number of aromatic carboxylic acids is 1. The van der Waals surface area contributed by atoms with Crippen LogP contribution in [-0.2, 0) is 11.3 Å². The van der Waals surface area contributed by atoms with Gasteiger partial charge in [-0.1, -0.05) is 29.5 Å². The second kappa shape index (κ2) is 9.38. The third kappa shape index (κ3) is 4.30. The summed E-state index contributed by atoms with van der Waals surface area (Å²) in [6.07, 6.45) is 4.56. The molecule has 2 aromatic heterocycles. The smallest absolute Gasteiger partial charge is 0.335 e. The highest BCUT2D eigenvalue weighted by Gasteiger charge is 2.46. The lowest BCUT2D eigenvalue weighted by atomic mass is 9.97. The summed E-state index contributed by atoms with van der Waals surface area (Å²) in [5.74, 6) is -0.935. The lowest BCUT2D eigenvalue weighted by Gasteiger charge is -2.39. The second-order valence-electron chi connectivity index (χ2n) is 11.0. The summed E-state index contributed by atoms with van der Waals surface area (Å²) in [7, 11) is 0. The van der Waals surface area contributed by atoms with Crippen LogP contribution in [0.3, 0.4) is 0 Å². The van der Waals surface area contributed by atoms with E-state index in [1.165, 1.54) is 29.5 Å². The van der Waals surface area contributed by atoms with Crippen molar-refractivity contribution in [3.8, 4) is 11.3 Å². The SMILES string of the molecule is C[C@@H]1CC2CC(OCc3c(-c4c(F)cccc4F)noc3C3CC3)CC1N2c1nc2ccc(C(=O)O)cc2s1. The van der Waals surface area contributed by atoms with Crippen molar-refractivity contribution in [2.24, 2.45) is 5.92 Å². The molecule has 2 bridgehead atoms. The first-order valence-corrected chi connectivity index (χ1v) is 14.2. The molecule has 0 spiro atoms. The molecule has 3 unspecified atom stereocenters. The van der Waals surface area contributed by atoms with Crippen molar-refractivity contribution in [3.05, 3.63) is 64.9 Å². The van der Waals surface area contributed by atoms with Crippen LogP contribution in [0.15, 0.2) is 40.9 Å². The quantitative estimate of drug-likeness (QED) is 0.271. The Kier molecular flexibility index (Phi) is 5.93. The minimum Gasteiger partial charge on any atom is -0.478 e. The topological polar surface area (TPSA) is 88.7 Å². The van der Waals surface area contributed by atoms with E-state index >= 15 is 0 Å². The van der Waals surface area contributed by atoms with Gasteiger partial charge in [-0.15, -0.1) is 0 Å². The van der Waals surface area contributed by atoms with E-state index < -0.39 is 17.6 Å². The number of anilines is 1. The molecule has 3 aliphatic rings. The number of carboxylic acids is 1. The third-order valence-corrected chi connectivity index (χ3v) is 9.40. The zero-order valence-corrected chi connectivity index (χ0v) is 22.1. The number of hydrogen-bond acceptors (Lipinski definition) is 7. The van der Waals surface area contributed by atoms with Crippen LogP contribution in [0.1, 0.15) is 66.6 Å². The van der Waals surface area contributed by atoms with Gasteiger partial charge >= 0.3 is 5.97 Å². The van der Waals surface area contributed by atoms with E-state index in [9.17, 15) is 18.7 Å². The van der Waals surface area contributed by atoms with E-state index in [1.54, 1.807) is 18.2 Å². The zero-order valence-electron chi connectivity index (χ0n) is 21.3. The standard InChI is InChI=1S/C29H27F2N3O4S/c1-14-9-17-11-18(12-23(14)34(17)29-32-22-8-7-16(28(35)36)10-24(22)39-29)37-13-19-26(33-38-27(19)15-5-6-15)25-20(30)3-2-4-21(25)31/h2-4,7-8,10,14-15,17-18,23H,5-6,9,11-13H2,1H3,(H,35,36)/t14-,17?,18?,23?/m1/s1. The molecule has 0 radical (unpaired) electrons. The van der Waals surface area contributed by atoms with Crippen LogP contribution in [-0.4, -0.2) is 39.4 Å². The van der Waals surface area contributed by atoms with Gasteiger partial charge in [0.1, 0.15) is 23.1 Å². The molecule has 3 fully saturated rings. The lowest BCUT2D eigenvalue weighted by molar-refractivity contribution is 0.0136. The first kappa shape index (κ1) is 24.7. The summed E-state index contributed by atoms with van der Waals surface area (Å²) in [6.45, 7) is 2.44. The maximum Gasteiger partial charge on any atom is 0.335 e. The summed E-state index contributed by atoms with van der Waals surface area (Å²) in [5, 5.41) is 14.4. The first-order valence-electron chi connectivity index (χ1n) is 13.3. The summed E-state index contributed by atoms with van der Waals surface area (Å²) < 4.78 is 42.2. The van der Waals surface area contributed by atoms with Crippen LogP contribution in [0.4, 0.5) is 13.9 Å². The van der Waals surface area contributed by atoms with E-state index in [1.807, 2.05) is 0 Å². The predicted molar refractivity (Wildman–Crippen MR) is 142 cm³/mol. The Bertz CT molecular complexity index is 1560. The molecule has 2 aliphatic heterocycles. The second-order valence-corrected chi connectivity index (χ2v) is 12.0. The molecule has 4 atom stereocenters. The van der Waals surface area contributed by atoms with E-state index in [-0.39, 0.29) is 47.5 Å². The lowest BCUT2D eigenvalue weighted by Crippen LogP contribution is -2.46. The predicted octanol–water partition coefficient (Wildman–Crippen LogP) is 6.77. The van der Waals surface area contributed by atoms with E-state index in [2.05, 4.69) is 17.0 Å². The zero-order chi connectivity index (χ0) is 26.8. The van der Waals surface area contributed by atoms with E-state index in [0.717, 1.165) is 47.5 Å². The van der Waals surface area contributed by atoms with Crippen LogP contribution in [0.25, 0.3) is 21.5 Å².